The molecule has 11 heteroatoms. The molecule has 0 spiro atoms. The highest BCUT2D eigenvalue weighted by Gasteiger charge is 2.24. The zero-order chi connectivity index (χ0) is 19.4. The van der Waals surface area contributed by atoms with E-state index in [9.17, 15) is 40.2 Å². The number of nitro benzene ring substituents is 2. The predicted molar refractivity (Wildman–Crippen MR) is 88.2 cm³/mol. The lowest BCUT2D eigenvalue weighted by Gasteiger charge is -2.08. The van der Waals surface area contributed by atoms with Gasteiger partial charge in [-0.05, 0) is 23.8 Å². The van der Waals surface area contributed by atoms with Crippen molar-refractivity contribution in [3.63, 3.8) is 0 Å². The Morgan fingerprint density at radius 2 is 1.62 bits per heavy atom. The number of carboxylic acid groups (broad SMARTS) is 1. The summed E-state index contributed by atoms with van der Waals surface area (Å²) in [5, 5.41) is 41.8. The zero-order valence-corrected chi connectivity index (χ0v) is 12.8. The van der Waals surface area contributed by atoms with E-state index in [0.717, 1.165) is 30.3 Å². The average Bonchev–Trinajstić information content (AvgIpc) is 2.58. The molecule has 0 aromatic heterocycles. The zero-order valence-electron chi connectivity index (χ0n) is 12.8. The molecule has 0 unspecified atom stereocenters. The Labute approximate surface area is 144 Å². The molecule has 0 amide bonds. The maximum Gasteiger partial charge on any atom is 0.336 e. The third kappa shape index (κ3) is 3.84. The number of carboxylic acids is 1. The van der Waals surface area contributed by atoms with Crippen molar-refractivity contribution in [1.29, 1.82) is 0 Å². The summed E-state index contributed by atoms with van der Waals surface area (Å²) in [7, 11) is 0. The molecular formula is C15H9N3O8. The number of rotatable bonds is 6. The van der Waals surface area contributed by atoms with Crippen LogP contribution in [0.15, 0.2) is 42.6 Å². The number of hydrogen-bond acceptors (Lipinski definition) is 7. The van der Waals surface area contributed by atoms with Crippen LogP contribution in [0.4, 0.5) is 11.4 Å². The highest BCUT2D eigenvalue weighted by atomic mass is 16.6. The summed E-state index contributed by atoms with van der Waals surface area (Å²) in [5.41, 5.74) is -1.49. The Kier molecular flexibility index (Phi) is 5.02. The molecule has 2 rings (SSSR count). The van der Waals surface area contributed by atoms with Crippen molar-refractivity contribution in [2.24, 2.45) is 0 Å². The van der Waals surface area contributed by atoms with E-state index < -0.39 is 32.1 Å². The van der Waals surface area contributed by atoms with E-state index in [1.807, 2.05) is 0 Å². The van der Waals surface area contributed by atoms with Gasteiger partial charge in [0.1, 0.15) is 0 Å². The van der Waals surface area contributed by atoms with Gasteiger partial charge in [0.05, 0.1) is 32.0 Å². The molecule has 0 atom stereocenters. The first kappa shape index (κ1) is 18.2. The van der Waals surface area contributed by atoms with Gasteiger partial charge in [0, 0.05) is 17.7 Å². The lowest BCUT2D eigenvalue weighted by atomic mass is 9.95. The molecule has 0 aliphatic rings. The Balaban J connectivity index is 2.74. The minimum Gasteiger partial charge on any atom is -0.478 e. The first-order chi connectivity index (χ1) is 12.2. The Morgan fingerprint density at radius 1 is 0.923 bits per heavy atom. The van der Waals surface area contributed by atoms with E-state index in [1.165, 1.54) is 12.1 Å². The lowest BCUT2D eigenvalue weighted by Crippen LogP contribution is -2.02. The molecule has 11 nitrogen and oxygen atoms in total. The number of non-ortho nitro benzene ring substituents is 1. The number of aromatic carboxylic acids is 1. The van der Waals surface area contributed by atoms with Crippen molar-refractivity contribution >= 4 is 23.4 Å². The van der Waals surface area contributed by atoms with Crippen LogP contribution in [0.2, 0.25) is 0 Å². The summed E-state index contributed by atoms with van der Waals surface area (Å²) in [4.78, 5) is 41.5. The fourth-order valence-corrected chi connectivity index (χ4v) is 2.23. The Morgan fingerprint density at radius 3 is 2.15 bits per heavy atom. The van der Waals surface area contributed by atoms with Gasteiger partial charge >= 0.3 is 5.97 Å². The van der Waals surface area contributed by atoms with Crippen molar-refractivity contribution in [1.82, 2.24) is 0 Å². The Bertz CT molecular complexity index is 967. The monoisotopic (exact) mass is 359 g/mol. The largest absolute Gasteiger partial charge is 0.478 e. The molecule has 26 heavy (non-hydrogen) atoms. The SMILES string of the molecule is O=C(O)c1ccc(/C=C/[N+](=O)[O-])cc1-c1ccc([N+](=O)[O-])cc1[N+](=O)[O-]. The second kappa shape index (κ2) is 7.17. The molecule has 0 saturated heterocycles. The van der Waals surface area contributed by atoms with Gasteiger partial charge in [-0.1, -0.05) is 6.07 Å². The van der Waals surface area contributed by atoms with Gasteiger partial charge in [-0.25, -0.2) is 4.79 Å². The molecule has 2 aromatic rings. The van der Waals surface area contributed by atoms with Gasteiger partial charge in [0.2, 0.25) is 6.20 Å². The normalized spacial score (nSPS) is 10.6. The van der Waals surface area contributed by atoms with Crippen LogP contribution in [0, 0.1) is 30.3 Å². The van der Waals surface area contributed by atoms with Crippen molar-refractivity contribution in [3.8, 4) is 11.1 Å². The van der Waals surface area contributed by atoms with Crippen LogP contribution in [0.3, 0.4) is 0 Å². The van der Waals surface area contributed by atoms with Crippen LogP contribution < -0.4 is 0 Å². The second-order valence-corrected chi connectivity index (χ2v) is 4.93. The molecule has 132 valence electrons. The summed E-state index contributed by atoms with van der Waals surface area (Å²) < 4.78 is 0. The molecule has 0 fully saturated rings. The average molecular weight is 359 g/mol. The summed E-state index contributed by atoms with van der Waals surface area (Å²) in [6.45, 7) is 0. The number of nitrogens with zero attached hydrogens (tertiary/aromatic N) is 3. The second-order valence-electron chi connectivity index (χ2n) is 4.93. The number of carbonyl (C=O) groups is 1. The van der Waals surface area contributed by atoms with Crippen molar-refractivity contribution < 1.29 is 24.7 Å². The van der Waals surface area contributed by atoms with Crippen LogP contribution in [0.5, 0.6) is 0 Å². The molecule has 1 N–H and O–H groups in total. The highest BCUT2D eigenvalue weighted by molar-refractivity contribution is 5.98. The fourth-order valence-electron chi connectivity index (χ4n) is 2.23. The van der Waals surface area contributed by atoms with E-state index >= 15 is 0 Å². The van der Waals surface area contributed by atoms with E-state index in [4.69, 9.17) is 0 Å². The molecule has 0 aliphatic carbocycles. The predicted octanol–water partition coefficient (Wildman–Crippen LogP) is 3.12. The smallest absolute Gasteiger partial charge is 0.336 e. The molecule has 0 aliphatic heterocycles. The van der Waals surface area contributed by atoms with Crippen LogP contribution in [-0.4, -0.2) is 25.8 Å². The van der Waals surface area contributed by atoms with E-state index in [2.05, 4.69) is 0 Å². The van der Waals surface area contributed by atoms with Crippen molar-refractivity contribution in [2.75, 3.05) is 0 Å². The molecule has 0 saturated carbocycles. The van der Waals surface area contributed by atoms with Gasteiger partial charge in [0.25, 0.3) is 11.4 Å². The summed E-state index contributed by atoms with van der Waals surface area (Å²) in [6.07, 6.45) is 1.72. The lowest BCUT2D eigenvalue weighted by molar-refractivity contribution is -0.400. The molecule has 2 aromatic carbocycles. The summed E-state index contributed by atoms with van der Waals surface area (Å²) in [6, 6.07) is 6.46. The van der Waals surface area contributed by atoms with Crippen LogP contribution in [-0.2, 0) is 0 Å². The third-order valence-corrected chi connectivity index (χ3v) is 3.34. The van der Waals surface area contributed by atoms with Crippen LogP contribution in [0.25, 0.3) is 17.2 Å². The topological polar surface area (TPSA) is 167 Å². The third-order valence-electron chi connectivity index (χ3n) is 3.34. The van der Waals surface area contributed by atoms with Crippen molar-refractivity contribution in [3.05, 3.63) is 84.1 Å². The van der Waals surface area contributed by atoms with Gasteiger partial charge in [-0.15, -0.1) is 0 Å². The van der Waals surface area contributed by atoms with Gasteiger partial charge in [-0.2, -0.15) is 0 Å². The molecule has 0 heterocycles. The van der Waals surface area contributed by atoms with E-state index in [0.29, 0.717) is 6.20 Å². The fraction of sp³-hybridized carbons (Fsp3) is 0. The molecule has 0 bridgehead atoms. The van der Waals surface area contributed by atoms with Crippen molar-refractivity contribution in [2.45, 2.75) is 0 Å². The number of nitro groups is 3. The molecule has 0 radical (unpaired) electrons. The maximum absolute atomic E-state index is 11.4. The Hall–Kier alpha value is -4.15. The highest BCUT2D eigenvalue weighted by Crippen LogP contribution is 2.35. The minimum absolute atomic E-state index is 0.0930. The van der Waals surface area contributed by atoms with Gasteiger partial charge in [-0.3, -0.25) is 30.3 Å². The number of hydrogen-bond donors (Lipinski definition) is 1. The van der Waals surface area contributed by atoms with Gasteiger partial charge in [0.15, 0.2) is 0 Å². The summed E-state index contributed by atoms with van der Waals surface area (Å²) >= 11 is 0. The van der Waals surface area contributed by atoms with Crippen LogP contribution >= 0.6 is 0 Å². The standard InChI is InChI=1S/C15H9N3O8/c19-15(20)12-3-1-9(5-6-16(21)22)7-13(12)11-4-2-10(17(23)24)8-14(11)18(25)26/h1-8H,(H,19,20)/b6-5+. The van der Waals surface area contributed by atoms with Gasteiger partial charge < -0.3 is 5.11 Å². The molecular weight excluding hydrogens is 350 g/mol. The maximum atomic E-state index is 11.4. The van der Waals surface area contributed by atoms with E-state index in [-0.39, 0.29) is 22.3 Å². The first-order valence-electron chi connectivity index (χ1n) is 6.83. The quantitative estimate of drug-likeness (QED) is 0.606. The summed E-state index contributed by atoms with van der Waals surface area (Å²) in [5.74, 6) is -1.38. The van der Waals surface area contributed by atoms with E-state index in [1.54, 1.807) is 0 Å². The van der Waals surface area contributed by atoms with Crippen LogP contribution in [0.1, 0.15) is 15.9 Å². The minimum atomic E-state index is -1.38. The number of benzene rings is 2. The first-order valence-corrected chi connectivity index (χ1v) is 6.83.